The van der Waals surface area contributed by atoms with Crippen LogP contribution in [0.5, 0.6) is 0 Å². The lowest BCUT2D eigenvalue weighted by molar-refractivity contribution is -0.121. The van der Waals surface area contributed by atoms with Gasteiger partial charge in [0.15, 0.2) is 0 Å². The topological polar surface area (TPSA) is 61.6 Å². The zero-order valence-corrected chi connectivity index (χ0v) is 18.8. The summed E-state index contributed by atoms with van der Waals surface area (Å²) in [5.74, 6) is 1.18. The van der Waals surface area contributed by atoms with Crippen molar-refractivity contribution < 1.29 is 4.79 Å². The van der Waals surface area contributed by atoms with Crippen LogP contribution in [0.1, 0.15) is 24.8 Å². The Bertz CT molecular complexity index is 638. The number of hydrogen-bond acceptors (Lipinski definition) is 4. The number of rotatable bonds is 4. The predicted octanol–water partition coefficient (Wildman–Crippen LogP) is 3.01. The van der Waals surface area contributed by atoms with Crippen LogP contribution in [-0.4, -0.2) is 55.0 Å². The van der Waals surface area contributed by atoms with Gasteiger partial charge in [0.1, 0.15) is 0 Å². The molecule has 0 spiro atoms. The van der Waals surface area contributed by atoms with Gasteiger partial charge >= 0.3 is 0 Å². The normalized spacial score (nSPS) is 29.4. The molecule has 5 nitrogen and oxygen atoms in total. The molecular formula is C20H33Cl3N4O. The van der Waals surface area contributed by atoms with Crippen molar-refractivity contribution in [2.75, 3.05) is 38.5 Å². The quantitative estimate of drug-likeness (QED) is 0.739. The average Bonchev–Trinajstić information content (AvgIpc) is 3.18. The number of piperazine rings is 1. The van der Waals surface area contributed by atoms with Gasteiger partial charge in [0.05, 0.1) is 5.92 Å². The summed E-state index contributed by atoms with van der Waals surface area (Å²) in [5.41, 5.74) is 8.48. The van der Waals surface area contributed by atoms with Crippen molar-refractivity contribution in [2.24, 2.45) is 23.5 Å². The minimum Gasteiger partial charge on any atom is -0.327 e. The lowest BCUT2D eigenvalue weighted by Crippen LogP contribution is -2.43. The molecule has 1 heterocycles. The monoisotopic (exact) mass is 450 g/mol. The van der Waals surface area contributed by atoms with E-state index in [1.807, 2.05) is 12.1 Å². The van der Waals surface area contributed by atoms with E-state index in [1.165, 1.54) is 18.4 Å². The molecule has 2 aliphatic carbocycles. The Kier molecular flexibility index (Phi) is 10.0. The molecule has 160 valence electrons. The molecular weight excluding hydrogens is 419 g/mol. The molecule has 1 aromatic carbocycles. The molecule has 28 heavy (non-hydrogen) atoms. The predicted molar refractivity (Wildman–Crippen MR) is 122 cm³/mol. The van der Waals surface area contributed by atoms with Crippen LogP contribution in [0, 0.1) is 17.8 Å². The largest absolute Gasteiger partial charge is 0.327 e. The Labute approximate surface area is 187 Å². The SMILES string of the molecule is CN1CCN(Cc2cccc(NC(=O)C3C4CCC(C4)C3N)c2)CC1.Cl.Cl.Cl. The summed E-state index contributed by atoms with van der Waals surface area (Å²) in [7, 11) is 2.17. The summed E-state index contributed by atoms with van der Waals surface area (Å²) in [6, 6.07) is 8.35. The molecule has 3 aliphatic rings. The van der Waals surface area contributed by atoms with Crippen molar-refractivity contribution in [1.82, 2.24) is 9.80 Å². The standard InChI is InChI=1S/C20H30N4O.3ClH/c1-23-7-9-24(10-8-23)13-14-3-2-4-17(11-14)22-20(25)18-15-5-6-16(12-15)19(18)21;;;/h2-4,11,15-16,18-19H,5-10,12-13,21H2,1H3,(H,22,25);3*1H. The fourth-order valence-electron chi connectivity index (χ4n) is 4.96. The number of anilines is 1. The maximum atomic E-state index is 12.7. The third-order valence-corrected chi connectivity index (χ3v) is 6.48. The number of likely N-dealkylation sites (N-methyl/N-ethyl adjacent to an activating group) is 1. The lowest BCUT2D eigenvalue weighted by atomic mass is 9.84. The highest BCUT2D eigenvalue weighted by Gasteiger charge is 2.49. The van der Waals surface area contributed by atoms with Gasteiger partial charge in [-0.25, -0.2) is 0 Å². The number of nitrogens with one attached hydrogen (secondary N) is 1. The van der Waals surface area contributed by atoms with E-state index >= 15 is 0 Å². The Hall–Kier alpha value is -0.560. The van der Waals surface area contributed by atoms with Gasteiger partial charge in [0.25, 0.3) is 0 Å². The van der Waals surface area contributed by atoms with Crippen LogP contribution in [0.3, 0.4) is 0 Å². The number of amides is 1. The molecule has 4 unspecified atom stereocenters. The highest BCUT2D eigenvalue weighted by molar-refractivity contribution is 5.93. The van der Waals surface area contributed by atoms with E-state index in [2.05, 4.69) is 34.3 Å². The maximum Gasteiger partial charge on any atom is 0.229 e. The van der Waals surface area contributed by atoms with Crippen LogP contribution in [0.2, 0.25) is 0 Å². The Balaban J connectivity index is 0.00000131. The number of nitrogens with two attached hydrogens (primary N) is 1. The molecule has 2 bridgehead atoms. The van der Waals surface area contributed by atoms with E-state index in [1.54, 1.807) is 0 Å². The summed E-state index contributed by atoms with van der Waals surface area (Å²) in [6.45, 7) is 5.41. The Morgan fingerprint density at radius 3 is 2.43 bits per heavy atom. The first-order valence-electron chi connectivity index (χ1n) is 9.66. The minimum atomic E-state index is 0. The number of carbonyl (C=O) groups excluding carboxylic acids is 1. The number of nitrogens with zero attached hydrogens (tertiary/aromatic N) is 2. The van der Waals surface area contributed by atoms with Gasteiger partial charge in [0, 0.05) is 44.5 Å². The summed E-state index contributed by atoms with van der Waals surface area (Å²) in [6.07, 6.45) is 3.51. The zero-order chi connectivity index (χ0) is 17.4. The highest BCUT2D eigenvalue weighted by Crippen LogP contribution is 2.47. The van der Waals surface area contributed by atoms with Crippen molar-refractivity contribution in [3.05, 3.63) is 29.8 Å². The van der Waals surface area contributed by atoms with Crippen molar-refractivity contribution in [3.8, 4) is 0 Å². The maximum absolute atomic E-state index is 12.7. The molecule has 1 amide bonds. The third-order valence-electron chi connectivity index (χ3n) is 6.48. The number of benzene rings is 1. The minimum absolute atomic E-state index is 0. The fraction of sp³-hybridized carbons (Fsp3) is 0.650. The molecule has 0 aromatic heterocycles. The van der Waals surface area contributed by atoms with Gasteiger partial charge in [-0.3, -0.25) is 9.69 Å². The van der Waals surface area contributed by atoms with E-state index in [4.69, 9.17) is 5.73 Å². The van der Waals surface area contributed by atoms with Gasteiger partial charge in [-0.05, 0) is 55.8 Å². The molecule has 1 aromatic rings. The second-order valence-electron chi connectivity index (χ2n) is 8.21. The van der Waals surface area contributed by atoms with Crippen LogP contribution in [-0.2, 0) is 11.3 Å². The van der Waals surface area contributed by atoms with Crippen LogP contribution < -0.4 is 11.1 Å². The van der Waals surface area contributed by atoms with Gasteiger partial charge < -0.3 is 16.0 Å². The molecule has 2 saturated carbocycles. The van der Waals surface area contributed by atoms with Crippen molar-refractivity contribution in [3.63, 3.8) is 0 Å². The van der Waals surface area contributed by atoms with Gasteiger partial charge in [-0.2, -0.15) is 0 Å². The van der Waals surface area contributed by atoms with E-state index in [-0.39, 0.29) is 55.1 Å². The number of fused-ring (bicyclic) bond motifs is 2. The van der Waals surface area contributed by atoms with Crippen molar-refractivity contribution >= 4 is 48.8 Å². The molecule has 4 atom stereocenters. The van der Waals surface area contributed by atoms with Crippen molar-refractivity contribution in [1.29, 1.82) is 0 Å². The molecule has 3 N–H and O–H groups in total. The van der Waals surface area contributed by atoms with Crippen LogP contribution >= 0.6 is 37.2 Å². The number of hydrogen-bond donors (Lipinski definition) is 2. The Morgan fingerprint density at radius 2 is 1.79 bits per heavy atom. The highest BCUT2D eigenvalue weighted by atomic mass is 35.5. The number of carbonyl (C=O) groups is 1. The molecule has 0 radical (unpaired) electrons. The number of halogens is 3. The zero-order valence-electron chi connectivity index (χ0n) is 16.4. The Morgan fingerprint density at radius 1 is 1.11 bits per heavy atom. The lowest BCUT2D eigenvalue weighted by Gasteiger charge is -2.32. The molecule has 4 rings (SSSR count). The first-order valence-corrected chi connectivity index (χ1v) is 9.66. The molecule has 1 aliphatic heterocycles. The van der Waals surface area contributed by atoms with E-state index in [9.17, 15) is 4.79 Å². The molecule has 8 heteroatoms. The molecule has 1 saturated heterocycles. The summed E-state index contributed by atoms with van der Waals surface area (Å²) in [5, 5.41) is 3.14. The first-order chi connectivity index (χ1) is 12.1. The second-order valence-corrected chi connectivity index (χ2v) is 8.21. The van der Waals surface area contributed by atoms with Crippen LogP contribution in [0.25, 0.3) is 0 Å². The van der Waals surface area contributed by atoms with E-state index in [0.29, 0.717) is 11.8 Å². The second kappa shape index (κ2) is 11.0. The van der Waals surface area contributed by atoms with Gasteiger partial charge in [0.2, 0.25) is 5.91 Å². The first kappa shape index (κ1) is 25.5. The van der Waals surface area contributed by atoms with Crippen LogP contribution in [0.15, 0.2) is 24.3 Å². The van der Waals surface area contributed by atoms with Crippen molar-refractivity contribution in [2.45, 2.75) is 31.8 Å². The third kappa shape index (κ3) is 5.53. The summed E-state index contributed by atoms with van der Waals surface area (Å²) in [4.78, 5) is 17.6. The average molecular weight is 452 g/mol. The fourth-order valence-corrected chi connectivity index (χ4v) is 4.96. The van der Waals surface area contributed by atoms with E-state index < -0.39 is 0 Å². The summed E-state index contributed by atoms with van der Waals surface area (Å²) >= 11 is 0. The van der Waals surface area contributed by atoms with E-state index in [0.717, 1.165) is 44.8 Å². The van der Waals surface area contributed by atoms with Gasteiger partial charge in [-0.1, -0.05) is 12.1 Å². The van der Waals surface area contributed by atoms with Gasteiger partial charge in [-0.15, -0.1) is 37.2 Å². The molecule has 3 fully saturated rings. The van der Waals surface area contributed by atoms with Crippen LogP contribution in [0.4, 0.5) is 5.69 Å². The summed E-state index contributed by atoms with van der Waals surface area (Å²) < 4.78 is 0. The smallest absolute Gasteiger partial charge is 0.229 e.